The summed E-state index contributed by atoms with van der Waals surface area (Å²) in [4.78, 5) is 29.1. The van der Waals surface area contributed by atoms with Crippen LogP contribution >= 0.6 is 23.2 Å². The molecule has 4 rings (SSSR count). The van der Waals surface area contributed by atoms with Crippen molar-refractivity contribution < 1.29 is 28.8 Å². The lowest BCUT2D eigenvalue weighted by Crippen LogP contribution is -2.30. The zero-order chi connectivity index (χ0) is 32.2. The van der Waals surface area contributed by atoms with Gasteiger partial charge in [0.05, 0.1) is 18.0 Å². The maximum Gasteiger partial charge on any atom is 0.488 e. The Labute approximate surface area is 269 Å². The molecule has 0 aliphatic heterocycles. The molecule has 0 aliphatic rings. The largest absolute Gasteiger partial charge is 0.488 e. The minimum Gasteiger partial charge on any atom is -0.426 e. The van der Waals surface area contributed by atoms with E-state index in [1.54, 1.807) is 24.4 Å². The number of furan rings is 1. The number of hydrazone groups is 2. The van der Waals surface area contributed by atoms with Gasteiger partial charge in [-0.15, -0.1) is 0 Å². The van der Waals surface area contributed by atoms with Gasteiger partial charge in [-0.1, -0.05) is 60.5 Å². The number of nitrogens with zero attached hydrogens (tertiary/aromatic N) is 3. The molecular formula is C31H26BCl2N5O6. The van der Waals surface area contributed by atoms with Crippen molar-refractivity contribution in [1.82, 2.24) is 15.8 Å². The molecule has 2 aromatic heterocycles. The highest BCUT2D eigenvalue weighted by Crippen LogP contribution is 2.29. The second-order valence-corrected chi connectivity index (χ2v) is 10.3. The van der Waals surface area contributed by atoms with E-state index in [2.05, 4.69) is 44.8 Å². The molecule has 0 radical (unpaired) electrons. The molecule has 0 unspecified atom stereocenters. The van der Waals surface area contributed by atoms with E-state index in [4.69, 9.17) is 32.4 Å². The molecule has 4 N–H and O–H groups in total. The zero-order valence-corrected chi connectivity index (χ0v) is 25.3. The molecule has 2 heterocycles. The van der Waals surface area contributed by atoms with Crippen molar-refractivity contribution in [3.05, 3.63) is 105 Å². The monoisotopic (exact) mass is 645 g/mol. The Morgan fingerprint density at radius 1 is 0.978 bits per heavy atom. The number of pyridine rings is 1. The minimum absolute atomic E-state index is 0.0307. The van der Waals surface area contributed by atoms with Gasteiger partial charge in [0.15, 0.2) is 5.76 Å². The SMILES string of the molecule is CCCCC#Cc1cncc(C(=O)N/N=C/c2cc(/C=N/NC(=O)c3ccc(Oc4cc(Cl)cc(Cl)c4)o3)cc(B(O)O)c2)c1. The average molecular weight is 646 g/mol. The number of ether oxygens (including phenoxy) is 1. The zero-order valence-electron chi connectivity index (χ0n) is 23.8. The number of amides is 2. The molecular weight excluding hydrogens is 620 g/mol. The Balaban J connectivity index is 1.38. The number of hydrogen-bond donors (Lipinski definition) is 4. The highest BCUT2D eigenvalue weighted by molar-refractivity contribution is 6.58. The number of hydrogen-bond acceptors (Lipinski definition) is 9. The van der Waals surface area contributed by atoms with E-state index in [9.17, 15) is 19.6 Å². The molecule has 14 heteroatoms. The maximum atomic E-state index is 12.6. The van der Waals surface area contributed by atoms with Crippen molar-refractivity contribution in [2.75, 3.05) is 0 Å². The van der Waals surface area contributed by atoms with E-state index in [-0.39, 0.29) is 22.7 Å². The number of carbonyl (C=O) groups excluding carboxylic acids is 2. The summed E-state index contributed by atoms with van der Waals surface area (Å²) in [5.41, 5.74) is 6.57. The van der Waals surface area contributed by atoms with Crippen LogP contribution in [0.3, 0.4) is 0 Å². The lowest BCUT2D eigenvalue weighted by atomic mass is 9.79. The minimum atomic E-state index is -1.79. The summed E-state index contributed by atoms with van der Waals surface area (Å²) < 4.78 is 11.0. The summed E-state index contributed by atoms with van der Waals surface area (Å²) in [6.07, 6.45) is 8.39. The fraction of sp³-hybridized carbons (Fsp3) is 0.129. The number of halogens is 2. The summed E-state index contributed by atoms with van der Waals surface area (Å²) in [5, 5.41) is 28.1. The van der Waals surface area contributed by atoms with Crippen LogP contribution in [0.1, 0.15) is 63.8 Å². The van der Waals surface area contributed by atoms with Gasteiger partial charge in [0.1, 0.15) is 5.75 Å². The molecule has 0 aliphatic carbocycles. The van der Waals surface area contributed by atoms with E-state index in [0.717, 1.165) is 19.3 Å². The first-order valence-corrected chi connectivity index (χ1v) is 14.3. The van der Waals surface area contributed by atoms with Gasteiger partial charge in [-0.05, 0) is 59.4 Å². The molecule has 0 bridgehead atoms. The predicted octanol–water partition coefficient (Wildman–Crippen LogP) is 4.52. The van der Waals surface area contributed by atoms with Gasteiger partial charge >= 0.3 is 13.0 Å². The molecule has 4 aromatic rings. The Hall–Kier alpha value is -4.93. The molecule has 0 spiro atoms. The third kappa shape index (κ3) is 10.3. The quantitative estimate of drug-likeness (QED) is 0.0613. The van der Waals surface area contributed by atoms with Gasteiger partial charge in [0.25, 0.3) is 11.9 Å². The second kappa shape index (κ2) is 16.2. The van der Waals surface area contributed by atoms with Crippen LogP contribution in [0.2, 0.25) is 10.0 Å². The van der Waals surface area contributed by atoms with E-state index in [1.807, 2.05) is 0 Å². The maximum absolute atomic E-state index is 12.6. The van der Waals surface area contributed by atoms with E-state index < -0.39 is 18.9 Å². The first-order valence-electron chi connectivity index (χ1n) is 13.6. The number of rotatable bonds is 11. The molecule has 0 saturated heterocycles. The number of carbonyl (C=O) groups is 2. The Kier molecular flexibility index (Phi) is 11.9. The predicted molar refractivity (Wildman–Crippen MR) is 172 cm³/mol. The molecule has 0 saturated carbocycles. The van der Waals surface area contributed by atoms with Crippen LogP contribution in [0.15, 0.2) is 81.6 Å². The standard InChI is InChI=1S/C31H26BCl2N5O6/c1-2-3-4-5-6-20-10-23(19-35-16-20)30(40)38-36-17-21-9-22(12-24(11-21)32(42)43)18-37-39-31(41)28-7-8-29(45-28)44-27-14-25(33)13-26(34)15-27/h7-19,42-43H,2-4H2,1H3,(H,38,40)(H,39,41)/b36-17+,37-18+. The van der Waals surface area contributed by atoms with Crippen LogP contribution in [0.4, 0.5) is 0 Å². The van der Waals surface area contributed by atoms with Gasteiger partial charge in [-0.25, -0.2) is 10.9 Å². The van der Waals surface area contributed by atoms with Crippen molar-refractivity contribution in [2.24, 2.45) is 10.2 Å². The van der Waals surface area contributed by atoms with Crippen LogP contribution in [0.25, 0.3) is 0 Å². The number of aromatic nitrogens is 1. The number of unbranched alkanes of at least 4 members (excludes halogenated alkanes) is 2. The van der Waals surface area contributed by atoms with Crippen LogP contribution in [0, 0.1) is 11.8 Å². The summed E-state index contributed by atoms with van der Waals surface area (Å²) in [6, 6.07) is 13.6. The normalized spacial score (nSPS) is 10.9. The highest BCUT2D eigenvalue weighted by Gasteiger charge is 2.14. The number of nitrogens with one attached hydrogen (secondary N) is 2. The Morgan fingerprint density at radius 3 is 2.33 bits per heavy atom. The van der Waals surface area contributed by atoms with Crippen molar-refractivity contribution in [3.63, 3.8) is 0 Å². The van der Waals surface area contributed by atoms with Crippen molar-refractivity contribution >= 4 is 60.0 Å². The lowest BCUT2D eigenvalue weighted by Gasteiger charge is -2.05. The molecule has 11 nitrogen and oxygen atoms in total. The number of benzene rings is 2. The van der Waals surface area contributed by atoms with Gasteiger partial charge in [0, 0.05) is 40.5 Å². The Bertz CT molecular complexity index is 1780. The second-order valence-electron chi connectivity index (χ2n) is 9.40. The third-order valence-electron chi connectivity index (χ3n) is 5.81. The van der Waals surface area contributed by atoms with E-state index in [1.165, 1.54) is 55.0 Å². The van der Waals surface area contributed by atoms with Crippen LogP contribution in [-0.2, 0) is 0 Å². The molecule has 2 aromatic carbocycles. The smallest absolute Gasteiger partial charge is 0.426 e. The van der Waals surface area contributed by atoms with Gasteiger partial charge in [0.2, 0.25) is 0 Å². The molecule has 228 valence electrons. The molecule has 2 amide bonds. The van der Waals surface area contributed by atoms with Crippen molar-refractivity contribution in [1.29, 1.82) is 0 Å². The lowest BCUT2D eigenvalue weighted by molar-refractivity contribution is 0.0921. The summed E-state index contributed by atoms with van der Waals surface area (Å²) >= 11 is 11.9. The third-order valence-corrected chi connectivity index (χ3v) is 6.24. The topological polar surface area (TPSA) is 159 Å². The van der Waals surface area contributed by atoms with E-state index in [0.29, 0.717) is 32.5 Å². The van der Waals surface area contributed by atoms with Gasteiger partial charge < -0.3 is 19.2 Å². The molecule has 45 heavy (non-hydrogen) atoms. The summed E-state index contributed by atoms with van der Waals surface area (Å²) in [7, 11) is -1.79. The van der Waals surface area contributed by atoms with Crippen LogP contribution in [0.5, 0.6) is 11.7 Å². The first-order chi connectivity index (χ1) is 21.7. The Morgan fingerprint density at radius 2 is 1.67 bits per heavy atom. The summed E-state index contributed by atoms with van der Waals surface area (Å²) in [6.45, 7) is 2.09. The average Bonchev–Trinajstić information content (AvgIpc) is 3.47. The van der Waals surface area contributed by atoms with Crippen LogP contribution < -0.4 is 21.1 Å². The fourth-order valence-electron chi connectivity index (χ4n) is 3.71. The van der Waals surface area contributed by atoms with Crippen molar-refractivity contribution in [3.8, 4) is 23.5 Å². The van der Waals surface area contributed by atoms with Gasteiger partial charge in [-0.3, -0.25) is 14.6 Å². The van der Waals surface area contributed by atoms with Gasteiger partial charge in [-0.2, -0.15) is 10.2 Å². The van der Waals surface area contributed by atoms with E-state index >= 15 is 0 Å². The summed E-state index contributed by atoms with van der Waals surface area (Å²) in [5.74, 6) is 5.15. The van der Waals surface area contributed by atoms with Crippen LogP contribution in [-0.4, -0.2) is 46.4 Å². The molecule has 0 fully saturated rings. The highest BCUT2D eigenvalue weighted by atomic mass is 35.5. The van der Waals surface area contributed by atoms with Crippen molar-refractivity contribution in [2.45, 2.75) is 26.2 Å². The molecule has 0 atom stereocenters. The first kappa shape index (κ1) is 33.0. The fourth-order valence-corrected chi connectivity index (χ4v) is 4.22.